The molecule has 7 heteroatoms. The number of benzene rings is 1. The second-order valence-electron chi connectivity index (χ2n) is 6.48. The number of hydrogen-bond donors (Lipinski definition) is 3. The van der Waals surface area contributed by atoms with Crippen LogP contribution in [0, 0.1) is 5.92 Å². The van der Waals surface area contributed by atoms with E-state index in [1.807, 2.05) is 30.3 Å². The van der Waals surface area contributed by atoms with Gasteiger partial charge >= 0.3 is 0 Å². The molecule has 1 aliphatic rings. The predicted octanol–water partition coefficient (Wildman–Crippen LogP) is 0.804. The van der Waals surface area contributed by atoms with Gasteiger partial charge in [-0.15, -0.1) is 0 Å². The van der Waals surface area contributed by atoms with Crippen molar-refractivity contribution in [3.63, 3.8) is 0 Å². The van der Waals surface area contributed by atoms with E-state index in [-0.39, 0.29) is 18.2 Å². The molecular weight excluding hydrogens is 346 g/mol. The highest BCUT2D eigenvalue weighted by Gasteiger charge is 2.29. The van der Waals surface area contributed by atoms with Crippen LogP contribution in [0.4, 0.5) is 0 Å². The summed E-state index contributed by atoms with van der Waals surface area (Å²) < 4.78 is 0. The van der Waals surface area contributed by atoms with Gasteiger partial charge in [-0.2, -0.15) is 0 Å². The maximum absolute atomic E-state index is 12.4. The Bertz CT molecular complexity index is 702. The quantitative estimate of drug-likeness (QED) is 0.441. The Morgan fingerprint density at radius 3 is 2.59 bits per heavy atom. The molecule has 1 saturated heterocycles. The molecule has 1 heterocycles. The third-order valence-corrected chi connectivity index (χ3v) is 4.46. The van der Waals surface area contributed by atoms with E-state index in [9.17, 15) is 19.2 Å². The van der Waals surface area contributed by atoms with E-state index < -0.39 is 23.9 Å². The molecule has 0 saturated carbocycles. The van der Waals surface area contributed by atoms with Crippen molar-refractivity contribution < 1.29 is 19.2 Å². The number of carbonyl (C=O) groups excluding carboxylic acids is 4. The predicted molar refractivity (Wildman–Crippen MR) is 101 cm³/mol. The lowest BCUT2D eigenvalue weighted by atomic mass is 9.99. The number of nitrogens with one attached hydrogen (secondary N) is 3. The Kier molecular flexibility index (Phi) is 7.73. The molecule has 0 aliphatic carbocycles. The van der Waals surface area contributed by atoms with Gasteiger partial charge in [0.2, 0.25) is 17.7 Å². The lowest BCUT2D eigenvalue weighted by Gasteiger charge is -2.20. The van der Waals surface area contributed by atoms with Crippen molar-refractivity contribution in [2.75, 3.05) is 6.54 Å². The number of aldehydes is 1. The lowest BCUT2D eigenvalue weighted by Crippen LogP contribution is -2.50. The number of rotatable bonds is 9. The average molecular weight is 371 g/mol. The SMILES string of the molecule is CC[C@H](NC(=O)C=Cc1ccccc1)C(=O)N[C@H](C=O)C[C@@H]1CCNC1=O. The summed E-state index contributed by atoms with van der Waals surface area (Å²) in [5, 5.41) is 7.96. The van der Waals surface area contributed by atoms with Crippen molar-refractivity contribution in [2.24, 2.45) is 5.92 Å². The fraction of sp³-hybridized carbons (Fsp3) is 0.400. The summed E-state index contributed by atoms with van der Waals surface area (Å²) in [5.41, 5.74) is 0.876. The van der Waals surface area contributed by atoms with Crippen molar-refractivity contribution in [2.45, 2.75) is 38.3 Å². The van der Waals surface area contributed by atoms with Crippen LogP contribution in [0.1, 0.15) is 31.7 Å². The summed E-state index contributed by atoms with van der Waals surface area (Å²) >= 11 is 0. The number of amides is 3. The van der Waals surface area contributed by atoms with Crippen molar-refractivity contribution >= 4 is 30.1 Å². The van der Waals surface area contributed by atoms with Crippen LogP contribution in [-0.2, 0) is 19.2 Å². The van der Waals surface area contributed by atoms with Crippen molar-refractivity contribution in [1.29, 1.82) is 0 Å². The van der Waals surface area contributed by atoms with Gasteiger partial charge in [0.15, 0.2) is 0 Å². The Labute approximate surface area is 158 Å². The van der Waals surface area contributed by atoms with E-state index >= 15 is 0 Å². The van der Waals surface area contributed by atoms with E-state index in [0.29, 0.717) is 25.7 Å². The lowest BCUT2D eigenvalue weighted by molar-refractivity contribution is -0.129. The molecule has 1 aromatic carbocycles. The van der Waals surface area contributed by atoms with Crippen LogP contribution in [0.2, 0.25) is 0 Å². The minimum atomic E-state index is -0.753. The molecule has 0 bridgehead atoms. The highest BCUT2D eigenvalue weighted by atomic mass is 16.2. The summed E-state index contributed by atoms with van der Waals surface area (Å²) in [5.74, 6) is -1.19. The van der Waals surface area contributed by atoms with Gasteiger partial charge in [0, 0.05) is 18.5 Å². The van der Waals surface area contributed by atoms with E-state index in [4.69, 9.17) is 0 Å². The minimum absolute atomic E-state index is 0.0949. The molecule has 0 aromatic heterocycles. The van der Waals surface area contributed by atoms with E-state index in [1.54, 1.807) is 13.0 Å². The van der Waals surface area contributed by atoms with Gasteiger partial charge in [-0.05, 0) is 30.9 Å². The molecule has 3 atom stereocenters. The second kappa shape index (κ2) is 10.3. The van der Waals surface area contributed by atoms with Crippen molar-refractivity contribution in [3.8, 4) is 0 Å². The molecule has 1 fully saturated rings. The standard InChI is InChI=1S/C20H25N3O4/c1-2-17(23-18(25)9-8-14-6-4-3-5-7-14)20(27)22-16(13-24)12-15-10-11-21-19(15)26/h3-9,13,15-17H,2,10-12H2,1H3,(H,21,26)(H,22,27)(H,23,25)/t15-,16-,17-/m0/s1. The number of hydrogen-bond acceptors (Lipinski definition) is 4. The Morgan fingerprint density at radius 2 is 2.00 bits per heavy atom. The molecule has 27 heavy (non-hydrogen) atoms. The maximum Gasteiger partial charge on any atom is 0.244 e. The molecule has 1 aromatic rings. The first-order valence-electron chi connectivity index (χ1n) is 9.10. The monoisotopic (exact) mass is 371 g/mol. The molecule has 7 nitrogen and oxygen atoms in total. The zero-order valence-corrected chi connectivity index (χ0v) is 15.3. The smallest absolute Gasteiger partial charge is 0.244 e. The molecule has 1 aliphatic heterocycles. The van der Waals surface area contributed by atoms with Crippen molar-refractivity contribution in [1.82, 2.24) is 16.0 Å². The molecule has 0 spiro atoms. The van der Waals surface area contributed by atoms with Crippen LogP contribution >= 0.6 is 0 Å². The highest BCUT2D eigenvalue weighted by molar-refractivity contribution is 5.96. The van der Waals surface area contributed by atoms with Crippen LogP contribution in [-0.4, -0.2) is 42.6 Å². The van der Waals surface area contributed by atoms with E-state index in [1.165, 1.54) is 6.08 Å². The molecule has 144 valence electrons. The molecule has 3 amide bonds. The second-order valence-corrected chi connectivity index (χ2v) is 6.48. The van der Waals surface area contributed by atoms with Gasteiger partial charge in [-0.25, -0.2) is 0 Å². The van der Waals surface area contributed by atoms with E-state index in [2.05, 4.69) is 16.0 Å². The van der Waals surface area contributed by atoms with E-state index in [0.717, 1.165) is 5.56 Å². The molecule has 3 N–H and O–H groups in total. The Morgan fingerprint density at radius 1 is 1.26 bits per heavy atom. The first-order chi connectivity index (χ1) is 13.0. The largest absolute Gasteiger partial charge is 0.356 e. The first-order valence-corrected chi connectivity index (χ1v) is 9.10. The first kappa shape index (κ1) is 20.4. The van der Waals surface area contributed by atoms with Crippen molar-refractivity contribution in [3.05, 3.63) is 42.0 Å². The fourth-order valence-corrected chi connectivity index (χ4v) is 2.92. The van der Waals surface area contributed by atoms with Crippen LogP contribution < -0.4 is 16.0 Å². The topological polar surface area (TPSA) is 104 Å². The Balaban J connectivity index is 1.87. The average Bonchev–Trinajstić information content (AvgIpc) is 3.09. The van der Waals surface area contributed by atoms with Gasteiger partial charge in [-0.1, -0.05) is 37.3 Å². The summed E-state index contributed by atoms with van der Waals surface area (Å²) in [6, 6.07) is 7.83. The van der Waals surface area contributed by atoms with Gasteiger partial charge in [-0.3, -0.25) is 14.4 Å². The van der Waals surface area contributed by atoms with Crippen LogP contribution in [0.3, 0.4) is 0 Å². The highest BCUT2D eigenvalue weighted by Crippen LogP contribution is 2.15. The van der Waals surface area contributed by atoms with Gasteiger partial charge < -0.3 is 20.7 Å². The zero-order chi connectivity index (χ0) is 19.6. The minimum Gasteiger partial charge on any atom is -0.356 e. The Hall–Kier alpha value is -2.96. The normalized spacial score (nSPS) is 18.6. The zero-order valence-electron chi connectivity index (χ0n) is 15.3. The number of carbonyl (C=O) groups is 4. The van der Waals surface area contributed by atoms with Gasteiger partial charge in [0.1, 0.15) is 12.3 Å². The summed E-state index contributed by atoms with van der Waals surface area (Å²) in [6.45, 7) is 2.36. The summed E-state index contributed by atoms with van der Waals surface area (Å²) in [6.07, 6.45) is 4.95. The maximum atomic E-state index is 12.4. The third kappa shape index (κ3) is 6.36. The van der Waals surface area contributed by atoms with Crippen LogP contribution in [0.5, 0.6) is 0 Å². The third-order valence-electron chi connectivity index (χ3n) is 4.46. The molecule has 2 rings (SSSR count). The molecular formula is C20H25N3O4. The summed E-state index contributed by atoms with van der Waals surface area (Å²) in [7, 11) is 0. The van der Waals surface area contributed by atoms with Crippen LogP contribution in [0.25, 0.3) is 6.08 Å². The van der Waals surface area contributed by atoms with Gasteiger partial charge in [0.25, 0.3) is 0 Å². The molecule has 0 unspecified atom stereocenters. The fourth-order valence-electron chi connectivity index (χ4n) is 2.92. The molecule has 0 radical (unpaired) electrons. The van der Waals surface area contributed by atoms with Gasteiger partial charge in [0.05, 0.1) is 6.04 Å². The summed E-state index contributed by atoms with van der Waals surface area (Å²) in [4.78, 5) is 47.4. The van der Waals surface area contributed by atoms with Crippen LogP contribution in [0.15, 0.2) is 36.4 Å².